The van der Waals surface area contributed by atoms with Crippen LogP contribution in [0.4, 0.5) is 13.6 Å². The van der Waals surface area contributed by atoms with E-state index in [0.29, 0.717) is 53.2 Å². The van der Waals surface area contributed by atoms with Gasteiger partial charge in [-0.25, -0.2) is 9.59 Å². The van der Waals surface area contributed by atoms with E-state index in [1.807, 2.05) is 0 Å². The molecule has 1 amide bonds. The number of fused-ring (bicyclic) bond motifs is 1. The van der Waals surface area contributed by atoms with Crippen molar-refractivity contribution < 1.29 is 23.1 Å². The van der Waals surface area contributed by atoms with Gasteiger partial charge in [0, 0.05) is 25.3 Å². The number of halogens is 4. The summed E-state index contributed by atoms with van der Waals surface area (Å²) in [6.45, 7) is 0.722. The Labute approximate surface area is 211 Å². The molecule has 14 heteroatoms. The summed E-state index contributed by atoms with van der Waals surface area (Å²) < 4.78 is 33.5. The summed E-state index contributed by atoms with van der Waals surface area (Å²) in [5.41, 5.74) is 1.71. The maximum Gasteiger partial charge on any atom is 0.407 e. The van der Waals surface area contributed by atoms with Crippen LogP contribution in [0.2, 0.25) is 10.0 Å². The minimum Gasteiger partial charge on any atom is -0.465 e. The highest BCUT2D eigenvalue weighted by atomic mass is 35.5. The molecule has 1 aliphatic rings. The second-order valence-corrected chi connectivity index (χ2v) is 9.09. The summed E-state index contributed by atoms with van der Waals surface area (Å²) in [5.74, 6) is -0.870. The third-order valence-corrected chi connectivity index (χ3v) is 6.85. The van der Waals surface area contributed by atoms with Crippen molar-refractivity contribution in [1.29, 1.82) is 0 Å². The second kappa shape index (κ2) is 9.51. The molecule has 1 aliphatic heterocycles. The lowest BCUT2D eigenvalue weighted by atomic mass is 10.1. The van der Waals surface area contributed by atoms with E-state index in [2.05, 4.69) is 15.2 Å². The highest BCUT2D eigenvalue weighted by Crippen LogP contribution is 2.32. The summed E-state index contributed by atoms with van der Waals surface area (Å²) in [5, 5.41) is 16.7. The molecule has 0 bridgehead atoms. The van der Waals surface area contributed by atoms with Crippen molar-refractivity contribution in [2.24, 2.45) is 0 Å². The standard InChI is InChI=1S/C22H18Cl2F2N6O4/c23-14-7-16-17(8-15(14)24)32(13-3-5-30(6-4-13)22(34)35)21(33)31(16)10-12-2-1-11(9-27-12)19-28-29-20(36-19)18(25)26/h1-2,7-9,13,18H,3-6,10H2,(H,34,35). The van der Waals surface area contributed by atoms with Crippen molar-refractivity contribution in [2.75, 3.05) is 13.1 Å². The van der Waals surface area contributed by atoms with Crippen molar-refractivity contribution in [3.8, 4) is 11.5 Å². The summed E-state index contributed by atoms with van der Waals surface area (Å²) >= 11 is 12.5. The Kier molecular flexibility index (Phi) is 6.39. The average molecular weight is 539 g/mol. The van der Waals surface area contributed by atoms with E-state index in [1.165, 1.54) is 15.7 Å². The second-order valence-electron chi connectivity index (χ2n) is 8.28. The lowest BCUT2D eigenvalue weighted by Gasteiger charge is -2.30. The van der Waals surface area contributed by atoms with Gasteiger partial charge in [-0.2, -0.15) is 8.78 Å². The quantitative estimate of drug-likeness (QED) is 0.385. The van der Waals surface area contributed by atoms with Crippen molar-refractivity contribution in [2.45, 2.75) is 31.9 Å². The van der Waals surface area contributed by atoms with Crippen LogP contribution in [0.15, 0.2) is 39.7 Å². The maximum absolute atomic E-state index is 13.6. The SMILES string of the molecule is O=C(O)N1CCC(n2c(=O)n(Cc3ccc(-c4nnc(C(F)F)o4)cn3)c3cc(Cl)c(Cl)cc32)CC1. The van der Waals surface area contributed by atoms with E-state index >= 15 is 0 Å². The number of aromatic nitrogens is 5. The van der Waals surface area contributed by atoms with Crippen molar-refractivity contribution >= 4 is 40.3 Å². The fourth-order valence-electron chi connectivity index (χ4n) is 4.34. The molecule has 188 valence electrons. The first-order chi connectivity index (χ1) is 17.2. The van der Waals surface area contributed by atoms with Crippen LogP contribution in [-0.2, 0) is 6.54 Å². The largest absolute Gasteiger partial charge is 0.465 e. The predicted molar refractivity (Wildman–Crippen MR) is 126 cm³/mol. The lowest BCUT2D eigenvalue weighted by Crippen LogP contribution is -2.40. The smallest absolute Gasteiger partial charge is 0.407 e. The van der Waals surface area contributed by atoms with Gasteiger partial charge in [-0.1, -0.05) is 23.2 Å². The minimum atomic E-state index is -2.88. The first-order valence-electron chi connectivity index (χ1n) is 10.9. The number of carbonyl (C=O) groups is 1. The van der Waals surface area contributed by atoms with Crippen molar-refractivity contribution in [3.63, 3.8) is 0 Å². The van der Waals surface area contributed by atoms with Gasteiger partial charge in [-0.15, -0.1) is 10.2 Å². The van der Waals surface area contributed by atoms with Crippen LogP contribution in [0, 0.1) is 0 Å². The van der Waals surface area contributed by atoms with E-state index in [1.54, 1.807) is 28.8 Å². The third kappa shape index (κ3) is 4.42. The van der Waals surface area contributed by atoms with Crippen LogP contribution in [0.3, 0.4) is 0 Å². The van der Waals surface area contributed by atoms with Gasteiger partial charge in [0.15, 0.2) is 0 Å². The topological polar surface area (TPSA) is 119 Å². The number of likely N-dealkylation sites (tertiary alicyclic amines) is 1. The number of rotatable bonds is 5. The van der Waals surface area contributed by atoms with Crippen molar-refractivity contribution in [3.05, 3.63) is 62.6 Å². The molecule has 5 rings (SSSR count). The molecule has 0 radical (unpaired) electrons. The first kappa shape index (κ1) is 24.2. The highest BCUT2D eigenvalue weighted by molar-refractivity contribution is 6.42. The van der Waals surface area contributed by atoms with Crippen LogP contribution in [0.5, 0.6) is 0 Å². The Morgan fingerprint density at radius 2 is 1.83 bits per heavy atom. The molecule has 36 heavy (non-hydrogen) atoms. The third-order valence-electron chi connectivity index (χ3n) is 6.12. The summed E-state index contributed by atoms with van der Waals surface area (Å²) in [6, 6.07) is 6.24. The van der Waals surface area contributed by atoms with Gasteiger partial charge in [0.2, 0.25) is 5.89 Å². The van der Waals surface area contributed by atoms with Gasteiger partial charge in [0.1, 0.15) is 0 Å². The number of benzene rings is 1. The van der Waals surface area contributed by atoms with Crippen molar-refractivity contribution in [1.82, 2.24) is 29.2 Å². The summed E-state index contributed by atoms with van der Waals surface area (Å²) in [6.07, 6.45) is -1.52. The van der Waals surface area contributed by atoms with Gasteiger partial charge in [0.05, 0.1) is 38.9 Å². The Morgan fingerprint density at radius 1 is 1.14 bits per heavy atom. The molecular formula is C22H18Cl2F2N6O4. The molecule has 1 fully saturated rings. The molecule has 4 heterocycles. The fourth-order valence-corrected chi connectivity index (χ4v) is 4.65. The number of alkyl halides is 2. The van der Waals surface area contributed by atoms with Gasteiger partial charge < -0.3 is 14.4 Å². The van der Waals surface area contributed by atoms with Crippen LogP contribution >= 0.6 is 23.2 Å². The van der Waals surface area contributed by atoms with E-state index < -0.39 is 18.4 Å². The number of piperidine rings is 1. The Morgan fingerprint density at radius 3 is 2.42 bits per heavy atom. The number of hydrogen-bond donors (Lipinski definition) is 1. The Bertz CT molecular complexity index is 1490. The predicted octanol–water partition coefficient (Wildman–Crippen LogP) is 4.86. The number of amides is 1. The minimum absolute atomic E-state index is 0.0905. The number of carboxylic acid groups (broad SMARTS) is 1. The normalized spacial score (nSPS) is 14.8. The molecule has 0 aliphatic carbocycles. The molecule has 1 N–H and O–H groups in total. The number of pyridine rings is 1. The molecule has 3 aromatic heterocycles. The van der Waals surface area contributed by atoms with Crippen LogP contribution in [0.25, 0.3) is 22.5 Å². The fraction of sp³-hybridized carbons (Fsp3) is 0.318. The summed E-state index contributed by atoms with van der Waals surface area (Å²) in [7, 11) is 0. The van der Waals surface area contributed by atoms with Gasteiger partial charge in [-0.05, 0) is 37.1 Å². The van der Waals surface area contributed by atoms with E-state index in [-0.39, 0.29) is 29.2 Å². The highest BCUT2D eigenvalue weighted by Gasteiger charge is 2.28. The maximum atomic E-state index is 13.6. The molecule has 4 aromatic rings. The molecule has 0 atom stereocenters. The Balaban J connectivity index is 1.48. The molecule has 1 saturated heterocycles. The molecule has 0 spiro atoms. The van der Waals surface area contributed by atoms with Gasteiger partial charge in [0.25, 0.3) is 5.89 Å². The average Bonchev–Trinajstić information content (AvgIpc) is 3.45. The Hall–Kier alpha value is -3.51. The van der Waals surface area contributed by atoms with Gasteiger partial charge in [-0.3, -0.25) is 14.1 Å². The monoisotopic (exact) mass is 538 g/mol. The van der Waals surface area contributed by atoms with E-state index in [9.17, 15) is 23.5 Å². The molecule has 0 unspecified atom stereocenters. The van der Waals surface area contributed by atoms with Crippen LogP contribution in [0.1, 0.15) is 36.9 Å². The lowest BCUT2D eigenvalue weighted by molar-refractivity contribution is 0.116. The number of nitrogens with zero attached hydrogens (tertiary/aromatic N) is 6. The van der Waals surface area contributed by atoms with Crippen LogP contribution in [-0.4, -0.2) is 53.5 Å². The van der Waals surface area contributed by atoms with Gasteiger partial charge >= 0.3 is 18.2 Å². The molecular weight excluding hydrogens is 521 g/mol. The molecule has 0 saturated carbocycles. The first-order valence-corrected chi connectivity index (χ1v) is 11.6. The molecule has 1 aromatic carbocycles. The van der Waals surface area contributed by atoms with Crippen LogP contribution < -0.4 is 5.69 Å². The molecule has 10 nitrogen and oxygen atoms in total. The van der Waals surface area contributed by atoms with E-state index in [4.69, 9.17) is 27.6 Å². The summed E-state index contributed by atoms with van der Waals surface area (Å²) in [4.78, 5) is 30.5. The zero-order valence-electron chi connectivity index (χ0n) is 18.4. The zero-order chi connectivity index (χ0) is 25.6. The van der Waals surface area contributed by atoms with E-state index in [0.717, 1.165) is 0 Å². The number of hydrogen-bond acceptors (Lipinski definition) is 6. The zero-order valence-corrected chi connectivity index (χ0v) is 20.0. The number of imidazole rings is 1.